The fourth-order valence-corrected chi connectivity index (χ4v) is 1.78. The van der Waals surface area contributed by atoms with Crippen LogP contribution in [0.2, 0.25) is 0 Å². The molecule has 1 unspecified atom stereocenters. The smallest absolute Gasteiger partial charge is 0.237 e. The molecule has 2 atom stereocenters. The van der Waals surface area contributed by atoms with E-state index in [0.717, 1.165) is 5.56 Å². The van der Waals surface area contributed by atoms with Gasteiger partial charge in [-0.1, -0.05) is 30.3 Å². The van der Waals surface area contributed by atoms with E-state index in [1.807, 2.05) is 30.3 Å². The maximum atomic E-state index is 11.9. The number of hydrogen-bond acceptors (Lipinski definition) is 4. The van der Waals surface area contributed by atoms with Gasteiger partial charge >= 0.3 is 0 Å². The average molecular weight is 280 g/mol. The third-order valence-corrected chi connectivity index (χ3v) is 3.12. The number of carbonyl (C=O) groups is 1. The van der Waals surface area contributed by atoms with Crippen molar-refractivity contribution in [3.05, 3.63) is 35.9 Å². The number of aliphatic hydroxyl groups is 1. The van der Waals surface area contributed by atoms with Crippen LogP contribution < -0.4 is 11.1 Å². The van der Waals surface area contributed by atoms with E-state index in [2.05, 4.69) is 5.32 Å². The van der Waals surface area contributed by atoms with Crippen molar-refractivity contribution in [2.75, 3.05) is 20.3 Å². The molecule has 0 aliphatic carbocycles. The summed E-state index contributed by atoms with van der Waals surface area (Å²) in [5, 5.41) is 12.7. The zero-order chi connectivity index (χ0) is 15.0. The lowest BCUT2D eigenvalue weighted by Gasteiger charge is -2.24. The van der Waals surface area contributed by atoms with Crippen molar-refractivity contribution >= 4 is 5.91 Å². The Bertz CT molecular complexity index is 407. The lowest BCUT2D eigenvalue weighted by Crippen LogP contribution is -2.48. The first-order valence-electron chi connectivity index (χ1n) is 6.73. The first-order valence-corrected chi connectivity index (χ1v) is 6.73. The van der Waals surface area contributed by atoms with Crippen LogP contribution in [0.3, 0.4) is 0 Å². The summed E-state index contributed by atoms with van der Waals surface area (Å²) in [7, 11) is 1.57. The summed E-state index contributed by atoms with van der Waals surface area (Å²) in [5.41, 5.74) is 5.89. The van der Waals surface area contributed by atoms with Gasteiger partial charge in [-0.15, -0.1) is 0 Å². The normalized spacial score (nSPS) is 15.4. The van der Waals surface area contributed by atoms with Crippen LogP contribution in [0.4, 0.5) is 0 Å². The molecule has 1 amide bonds. The fraction of sp³-hybridized carbons (Fsp3) is 0.533. The minimum Gasteiger partial charge on any atom is -0.388 e. The molecule has 0 fully saturated rings. The number of carbonyl (C=O) groups excluding carboxylic acids is 1. The van der Waals surface area contributed by atoms with Gasteiger partial charge in [0.1, 0.15) is 0 Å². The second-order valence-corrected chi connectivity index (χ2v) is 5.25. The predicted molar refractivity (Wildman–Crippen MR) is 78.2 cm³/mol. The van der Waals surface area contributed by atoms with Crippen LogP contribution in [-0.4, -0.2) is 42.9 Å². The van der Waals surface area contributed by atoms with E-state index in [9.17, 15) is 9.90 Å². The van der Waals surface area contributed by atoms with E-state index in [4.69, 9.17) is 10.5 Å². The van der Waals surface area contributed by atoms with Crippen LogP contribution in [0.15, 0.2) is 30.3 Å². The number of benzene rings is 1. The minimum atomic E-state index is -0.988. The van der Waals surface area contributed by atoms with Crippen molar-refractivity contribution in [2.45, 2.75) is 31.4 Å². The van der Waals surface area contributed by atoms with E-state index in [1.54, 1.807) is 14.0 Å². The summed E-state index contributed by atoms with van der Waals surface area (Å²) in [5.74, 6) is -0.258. The summed E-state index contributed by atoms with van der Waals surface area (Å²) in [6.45, 7) is 2.27. The van der Waals surface area contributed by atoms with Crippen molar-refractivity contribution in [3.63, 3.8) is 0 Å². The van der Waals surface area contributed by atoms with Gasteiger partial charge < -0.3 is 20.9 Å². The summed E-state index contributed by atoms with van der Waals surface area (Å²) in [6.07, 6.45) is 0.935. The molecular formula is C15H24N2O3. The molecule has 20 heavy (non-hydrogen) atoms. The molecule has 0 aromatic heterocycles. The number of ether oxygens (including phenoxy) is 1. The van der Waals surface area contributed by atoms with Crippen LogP contribution in [0.1, 0.15) is 18.9 Å². The Balaban J connectivity index is 2.38. The lowest BCUT2D eigenvalue weighted by atomic mass is 10.0. The quantitative estimate of drug-likeness (QED) is 0.646. The number of nitrogens with one attached hydrogen (secondary N) is 1. The van der Waals surface area contributed by atoms with Crippen molar-refractivity contribution in [1.29, 1.82) is 0 Å². The number of methoxy groups -OCH3 is 1. The Morgan fingerprint density at radius 1 is 1.45 bits per heavy atom. The van der Waals surface area contributed by atoms with Crippen LogP contribution >= 0.6 is 0 Å². The summed E-state index contributed by atoms with van der Waals surface area (Å²) < 4.78 is 4.91. The first-order chi connectivity index (χ1) is 9.44. The van der Waals surface area contributed by atoms with Gasteiger partial charge in [-0.05, 0) is 18.9 Å². The highest BCUT2D eigenvalue weighted by atomic mass is 16.5. The van der Waals surface area contributed by atoms with Gasteiger partial charge in [-0.2, -0.15) is 0 Å². The van der Waals surface area contributed by atoms with Crippen molar-refractivity contribution < 1.29 is 14.6 Å². The highest BCUT2D eigenvalue weighted by Crippen LogP contribution is 2.08. The largest absolute Gasteiger partial charge is 0.388 e. The molecular weight excluding hydrogens is 256 g/mol. The molecule has 0 heterocycles. The molecule has 0 aliphatic rings. The Hall–Kier alpha value is -1.43. The van der Waals surface area contributed by atoms with Gasteiger partial charge in [0.25, 0.3) is 0 Å². The molecule has 1 aromatic carbocycles. The van der Waals surface area contributed by atoms with E-state index in [1.165, 1.54) is 0 Å². The zero-order valence-corrected chi connectivity index (χ0v) is 12.1. The molecule has 1 rings (SSSR count). The zero-order valence-electron chi connectivity index (χ0n) is 12.1. The van der Waals surface area contributed by atoms with Crippen LogP contribution in [-0.2, 0) is 16.0 Å². The Morgan fingerprint density at radius 3 is 2.70 bits per heavy atom. The Kier molecular flexibility index (Phi) is 6.64. The standard InChI is InChI=1S/C15H24N2O3/c1-15(19,8-9-20-2)11-17-14(18)13(16)10-12-6-4-3-5-7-12/h3-7,13,19H,8-11,16H2,1-2H3,(H,17,18)/t13-,15?/m1/s1. The van der Waals surface area contributed by atoms with Gasteiger partial charge in [0.2, 0.25) is 5.91 Å². The monoisotopic (exact) mass is 280 g/mol. The van der Waals surface area contributed by atoms with E-state index >= 15 is 0 Å². The molecule has 0 radical (unpaired) electrons. The maximum absolute atomic E-state index is 11.9. The molecule has 1 aromatic rings. The Morgan fingerprint density at radius 2 is 2.10 bits per heavy atom. The average Bonchev–Trinajstić information content (AvgIpc) is 2.44. The van der Waals surface area contributed by atoms with Crippen molar-refractivity contribution in [2.24, 2.45) is 5.73 Å². The third-order valence-electron chi connectivity index (χ3n) is 3.12. The summed E-state index contributed by atoms with van der Waals surface area (Å²) >= 11 is 0. The topological polar surface area (TPSA) is 84.6 Å². The number of rotatable bonds is 8. The van der Waals surface area contributed by atoms with E-state index in [-0.39, 0.29) is 12.5 Å². The van der Waals surface area contributed by atoms with Crippen LogP contribution in [0.5, 0.6) is 0 Å². The summed E-state index contributed by atoms with van der Waals surface area (Å²) in [4.78, 5) is 11.9. The van der Waals surface area contributed by atoms with Gasteiger partial charge in [0.05, 0.1) is 11.6 Å². The molecule has 0 spiro atoms. The molecule has 0 saturated carbocycles. The molecule has 5 nitrogen and oxygen atoms in total. The van der Waals surface area contributed by atoms with E-state index in [0.29, 0.717) is 19.4 Å². The molecule has 5 heteroatoms. The SMILES string of the molecule is COCCC(C)(O)CNC(=O)[C@H](N)Cc1ccccc1. The van der Waals surface area contributed by atoms with Crippen molar-refractivity contribution in [1.82, 2.24) is 5.32 Å². The lowest BCUT2D eigenvalue weighted by molar-refractivity contribution is -0.123. The summed E-state index contributed by atoms with van der Waals surface area (Å²) in [6, 6.07) is 8.99. The fourth-order valence-electron chi connectivity index (χ4n) is 1.78. The second-order valence-electron chi connectivity index (χ2n) is 5.25. The Labute approximate surface area is 120 Å². The van der Waals surface area contributed by atoms with Crippen LogP contribution in [0, 0.1) is 0 Å². The van der Waals surface area contributed by atoms with Gasteiger partial charge in [0, 0.05) is 26.7 Å². The number of nitrogens with two attached hydrogens (primary N) is 1. The minimum absolute atomic E-state index is 0.164. The van der Waals surface area contributed by atoms with Gasteiger partial charge in [-0.25, -0.2) is 0 Å². The third kappa shape index (κ3) is 6.14. The number of amides is 1. The highest BCUT2D eigenvalue weighted by Gasteiger charge is 2.22. The highest BCUT2D eigenvalue weighted by molar-refractivity contribution is 5.81. The molecule has 112 valence electrons. The van der Waals surface area contributed by atoms with Crippen molar-refractivity contribution in [3.8, 4) is 0 Å². The number of hydrogen-bond donors (Lipinski definition) is 3. The van der Waals surface area contributed by atoms with E-state index < -0.39 is 11.6 Å². The van der Waals surface area contributed by atoms with Gasteiger partial charge in [-0.3, -0.25) is 4.79 Å². The predicted octanol–water partition coefficient (Wildman–Crippen LogP) is 0.460. The maximum Gasteiger partial charge on any atom is 0.237 e. The van der Waals surface area contributed by atoms with Gasteiger partial charge in [0.15, 0.2) is 0 Å². The van der Waals surface area contributed by atoms with Crippen LogP contribution in [0.25, 0.3) is 0 Å². The first kappa shape index (κ1) is 16.6. The molecule has 0 aliphatic heterocycles. The second kappa shape index (κ2) is 7.99. The molecule has 0 saturated heterocycles. The molecule has 4 N–H and O–H groups in total. The molecule has 0 bridgehead atoms.